The van der Waals surface area contributed by atoms with E-state index in [1.807, 2.05) is 13.8 Å². The molecule has 0 radical (unpaired) electrons. The molecule has 0 heterocycles. The number of ether oxygens (including phenoxy) is 4. The molecule has 0 saturated carbocycles. The molecule has 9 nitrogen and oxygen atoms in total. The molecule has 3 atom stereocenters. The van der Waals surface area contributed by atoms with E-state index in [9.17, 15) is 19.2 Å². The van der Waals surface area contributed by atoms with Crippen molar-refractivity contribution in [2.24, 2.45) is 28.4 Å². The average Bonchev–Trinajstić information content (AvgIpc) is 2.76. The lowest BCUT2D eigenvalue weighted by atomic mass is 9.97. The second kappa shape index (κ2) is 13.0. The van der Waals surface area contributed by atoms with Gasteiger partial charge in [0.1, 0.15) is 18.8 Å². The van der Waals surface area contributed by atoms with Crippen molar-refractivity contribution in [3.63, 3.8) is 0 Å². The molecule has 0 fully saturated rings. The lowest BCUT2D eigenvalue weighted by Gasteiger charge is -2.21. The Labute approximate surface area is 220 Å². The van der Waals surface area contributed by atoms with Gasteiger partial charge in [-0.2, -0.15) is 0 Å². The minimum atomic E-state index is -1.03. The molecule has 0 aliphatic rings. The first-order valence-electron chi connectivity index (χ1n) is 12.5. The van der Waals surface area contributed by atoms with Gasteiger partial charge in [0, 0.05) is 0 Å². The molecule has 0 bridgehead atoms. The summed E-state index contributed by atoms with van der Waals surface area (Å²) in [6.45, 7) is 17.4. The van der Waals surface area contributed by atoms with Crippen molar-refractivity contribution in [3.05, 3.63) is 23.8 Å². The molecule has 0 aliphatic heterocycles. The van der Waals surface area contributed by atoms with Crippen LogP contribution in [0.4, 0.5) is 0 Å². The third-order valence-electron chi connectivity index (χ3n) is 5.55. The van der Waals surface area contributed by atoms with Crippen LogP contribution in [-0.4, -0.2) is 42.6 Å². The average molecular weight is 522 g/mol. The lowest BCUT2D eigenvalue weighted by Crippen LogP contribution is -2.37. The summed E-state index contributed by atoms with van der Waals surface area (Å²) >= 11 is 0. The van der Waals surface area contributed by atoms with Gasteiger partial charge in [0.05, 0.1) is 16.7 Å². The predicted molar refractivity (Wildman–Crippen MR) is 139 cm³/mol. The quantitative estimate of drug-likeness (QED) is 0.355. The Morgan fingerprint density at radius 3 is 1.81 bits per heavy atom. The van der Waals surface area contributed by atoms with E-state index in [0.717, 1.165) is 0 Å². The van der Waals surface area contributed by atoms with E-state index in [1.54, 1.807) is 61.5 Å². The largest absolute Gasteiger partial charge is 0.462 e. The minimum Gasteiger partial charge on any atom is -0.462 e. The van der Waals surface area contributed by atoms with Gasteiger partial charge in [0.25, 0.3) is 0 Å². The molecule has 0 aromatic heterocycles. The summed E-state index contributed by atoms with van der Waals surface area (Å²) < 4.78 is 21.6. The van der Waals surface area contributed by atoms with E-state index in [2.05, 4.69) is 0 Å². The molecular formula is C28H43NO8. The third-order valence-corrected chi connectivity index (χ3v) is 5.55. The van der Waals surface area contributed by atoms with Crippen LogP contribution >= 0.6 is 0 Å². The summed E-state index contributed by atoms with van der Waals surface area (Å²) in [5, 5.41) is 0. The zero-order valence-corrected chi connectivity index (χ0v) is 23.8. The Morgan fingerprint density at radius 2 is 1.32 bits per heavy atom. The number of rotatable bonds is 10. The van der Waals surface area contributed by atoms with E-state index < -0.39 is 40.9 Å². The van der Waals surface area contributed by atoms with Crippen molar-refractivity contribution in [2.75, 3.05) is 6.61 Å². The molecule has 9 heteroatoms. The van der Waals surface area contributed by atoms with Gasteiger partial charge in [0.15, 0.2) is 11.5 Å². The summed E-state index contributed by atoms with van der Waals surface area (Å²) in [5.41, 5.74) is 5.07. The first kappa shape index (κ1) is 32.1. The normalized spacial score (nSPS) is 14.4. The van der Waals surface area contributed by atoms with E-state index in [-0.39, 0.29) is 42.3 Å². The van der Waals surface area contributed by atoms with Crippen LogP contribution in [0.2, 0.25) is 0 Å². The Kier molecular flexibility index (Phi) is 11.3. The van der Waals surface area contributed by atoms with Gasteiger partial charge < -0.3 is 24.7 Å². The summed E-state index contributed by atoms with van der Waals surface area (Å²) in [4.78, 5) is 49.5. The van der Waals surface area contributed by atoms with Crippen LogP contribution in [0.5, 0.6) is 11.5 Å². The third kappa shape index (κ3) is 10.5. The van der Waals surface area contributed by atoms with Crippen molar-refractivity contribution < 1.29 is 38.1 Å². The summed E-state index contributed by atoms with van der Waals surface area (Å²) in [5.74, 6) is -2.03. The highest BCUT2D eigenvalue weighted by molar-refractivity contribution is 5.81. The van der Waals surface area contributed by atoms with Crippen LogP contribution in [-0.2, 0) is 35.1 Å². The highest BCUT2D eigenvalue weighted by Gasteiger charge is 2.29. The fraction of sp³-hybridized carbons (Fsp3) is 0.643. The molecule has 1 unspecified atom stereocenters. The van der Waals surface area contributed by atoms with Crippen LogP contribution in [0.1, 0.15) is 74.8 Å². The van der Waals surface area contributed by atoms with Crippen LogP contribution in [0.3, 0.4) is 0 Å². The number of hydrogen-bond acceptors (Lipinski definition) is 9. The van der Waals surface area contributed by atoms with Gasteiger partial charge in [-0.15, -0.1) is 0 Å². The zero-order chi connectivity index (χ0) is 28.7. The van der Waals surface area contributed by atoms with E-state index >= 15 is 0 Å². The fourth-order valence-corrected chi connectivity index (χ4v) is 2.61. The Hall–Kier alpha value is -2.94. The number of hydrogen-bond donors (Lipinski definition) is 1. The monoisotopic (exact) mass is 521 g/mol. The first-order chi connectivity index (χ1) is 16.8. The van der Waals surface area contributed by atoms with E-state index in [1.165, 1.54) is 12.1 Å². The molecule has 2 N–H and O–H groups in total. The summed E-state index contributed by atoms with van der Waals surface area (Å²) in [6.07, 6.45) is -0.604. The van der Waals surface area contributed by atoms with Crippen LogP contribution in [0.15, 0.2) is 18.2 Å². The van der Waals surface area contributed by atoms with Crippen molar-refractivity contribution in [2.45, 2.75) is 87.8 Å². The number of carbonyl (C=O) groups is 4. The van der Waals surface area contributed by atoms with Crippen LogP contribution in [0.25, 0.3) is 0 Å². The molecule has 208 valence electrons. The van der Waals surface area contributed by atoms with Crippen molar-refractivity contribution in [3.8, 4) is 11.5 Å². The number of carbonyl (C=O) groups excluding carboxylic acids is 4. The molecule has 1 aromatic rings. The lowest BCUT2D eigenvalue weighted by molar-refractivity contribution is -0.161. The number of esters is 4. The maximum Gasteiger partial charge on any atom is 0.323 e. The maximum atomic E-state index is 12.5. The SMILES string of the molecule is CC(C)C(C)C(=O)OC[C@H](C)OC(=O)[C@@H](N)Cc1ccc(OC(=O)C(C)(C)C)c(OC(=O)C(C)(C)C)c1. The number of benzene rings is 1. The van der Waals surface area contributed by atoms with Crippen molar-refractivity contribution >= 4 is 23.9 Å². The molecule has 37 heavy (non-hydrogen) atoms. The van der Waals surface area contributed by atoms with Gasteiger partial charge in [0.2, 0.25) is 0 Å². The van der Waals surface area contributed by atoms with Gasteiger partial charge in [-0.1, -0.05) is 26.8 Å². The highest BCUT2D eigenvalue weighted by atomic mass is 16.6. The molecule has 0 spiro atoms. The van der Waals surface area contributed by atoms with E-state index in [0.29, 0.717) is 5.56 Å². The minimum absolute atomic E-state index is 0.0511. The summed E-state index contributed by atoms with van der Waals surface area (Å²) in [7, 11) is 0. The smallest absolute Gasteiger partial charge is 0.323 e. The van der Waals surface area contributed by atoms with Gasteiger partial charge in [-0.3, -0.25) is 19.2 Å². The molecule has 0 aliphatic carbocycles. The van der Waals surface area contributed by atoms with Gasteiger partial charge in [-0.05, 0) is 78.5 Å². The predicted octanol–water partition coefficient (Wildman–Crippen LogP) is 4.23. The van der Waals surface area contributed by atoms with Gasteiger partial charge in [-0.25, -0.2) is 0 Å². The fourth-order valence-electron chi connectivity index (χ4n) is 2.61. The van der Waals surface area contributed by atoms with Gasteiger partial charge >= 0.3 is 23.9 Å². The van der Waals surface area contributed by atoms with Crippen molar-refractivity contribution in [1.82, 2.24) is 0 Å². The first-order valence-corrected chi connectivity index (χ1v) is 12.5. The zero-order valence-electron chi connectivity index (χ0n) is 23.8. The highest BCUT2D eigenvalue weighted by Crippen LogP contribution is 2.33. The number of nitrogens with two attached hydrogens (primary N) is 1. The topological polar surface area (TPSA) is 131 Å². The van der Waals surface area contributed by atoms with Crippen LogP contribution in [0, 0.1) is 22.7 Å². The van der Waals surface area contributed by atoms with E-state index in [4.69, 9.17) is 24.7 Å². The second-order valence-corrected chi connectivity index (χ2v) is 11.8. The maximum absolute atomic E-state index is 12.5. The Balaban J connectivity index is 2.94. The molecule has 0 amide bonds. The molecule has 1 aromatic carbocycles. The molecule has 0 saturated heterocycles. The second-order valence-electron chi connectivity index (χ2n) is 11.8. The Bertz CT molecular complexity index is 971. The molecular weight excluding hydrogens is 478 g/mol. The van der Waals surface area contributed by atoms with Crippen molar-refractivity contribution in [1.29, 1.82) is 0 Å². The standard InChI is InChI=1S/C28H43NO8/c1-16(2)18(4)23(30)34-15-17(3)35-24(31)20(29)13-19-11-12-21(36-25(32)27(5,6)7)22(14-19)37-26(33)28(8,9)10/h11-12,14,16-18,20H,13,15,29H2,1-10H3/t17-,18?,20-/m0/s1. The summed E-state index contributed by atoms with van der Waals surface area (Å²) in [6, 6.07) is 3.62. The van der Waals surface area contributed by atoms with Crippen LogP contribution < -0.4 is 15.2 Å². The Morgan fingerprint density at radius 1 is 0.811 bits per heavy atom. The molecule has 1 rings (SSSR count).